The summed E-state index contributed by atoms with van der Waals surface area (Å²) in [4.78, 5) is 26.4. The molecular formula is C22H22FN3O3. The molecule has 0 saturated heterocycles. The SMILES string of the molecule is C[C@H](c1ccc(F)cc1)N(C)C(=O)c1ccc(=O)n(CCOc2ccccc2)n1. The van der Waals surface area contributed by atoms with Crippen molar-refractivity contribution in [2.75, 3.05) is 13.7 Å². The van der Waals surface area contributed by atoms with Crippen LogP contribution in [0.4, 0.5) is 4.39 Å². The summed E-state index contributed by atoms with van der Waals surface area (Å²) >= 11 is 0. The first-order valence-electron chi connectivity index (χ1n) is 9.24. The molecule has 1 amide bonds. The number of rotatable bonds is 7. The van der Waals surface area contributed by atoms with Gasteiger partial charge in [0.2, 0.25) is 0 Å². The highest BCUT2D eigenvalue weighted by Crippen LogP contribution is 2.20. The van der Waals surface area contributed by atoms with Crippen LogP contribution in [0.5, 0.6) is 5.75 Å². The lowest BCUT2D eigenvalue weighted by Gasteiger charge is -2.25. The van der Waals surface area contributed by atoms with E-state index < -0.39 is 0 Å². The van der Waals surface area contributed by atoms with E-state index in [-0.39, 0.29) is 42.2 Å². The van der Waals surface area contributed by atoms with Gasteiger partial charge < -0.3 is 9.64 Å². The van der Waals surface area contributed by atoms with Crippen molar-refractivity contribution in [1.82, 2.24) is 14.7 Å². The highest BCUT2D eigenvalue weighted by molar-refractivity contribution is 5.92. The van der Waals surface area contributed by atoms with Crippen LogP contribution in [0.15, 0.2) is 71.5 Å². The van der Waals surface area contributed by atoms with Crippen molar-refractivity contribution in [1.29, 1.82) is 0 Å². The first-order valence-corrected chi connectivity index (χ1v) is 9.24. The molecule has 0 aliphatic carbocycles. The van der Waals surface area contributed by atoms with Crippen LogP contribution in [0.25, 0.3) is 0 Å². The maximum Gasteiger partial charge on any atom is 0.274 e. The van der Waals surface area contributed by atoms with Gasteiger partial charge in [-0.2, -0.15) is 5.10 Å². The van der Waals surface area contributed by atoms with E-state index >= 15 is 0 Å². The molecule has 7 heteroatoms. The number of para-hydroxylation sites is 1. The molecule has 6 nitrogen and oxygen atoms in total. The van der Waals surface area contributed by atoms with Crippen LogP contribution in [-0.4, -0.2) is 34.2 Å². The Hall–Kier alpha value is -3.48. The third kappa shape index (κ3) is 5.07. The van der Waals surface area contributed by atoms with E-state index in [1.807, 2.05) is 37.3 Å². The smallest absolute Gasteiger partial charge is 0.274 e. The van der Waals surface area contributed by atoms with E-state index in [0.717, 1.165) is 5.56 Å². The van der Waals surface area contributed by atoms with Gasteiger partial charge in [-0.05, 0) is 42.8 Å². The Bertz CT molecular complexity index is 1020. The molecule has 0 radical (unpaired) electrons. The van der Waals surface area contributed by atoms with Crippen molar-refractivity contribution in [2.24, 2.45) is 0 Å². The lowest BCUT2D eigenvalue weighted by Crippen LogP contribution is -2.33. The van der Waals surface area contributed by atoms with Crippen LogP contribution in [0.3, 0.4) is 0 Å². The van der Waals surface area contributed by atoms with Crippen LogP contribution in [0, 0.1) is 5.82 Å². The van der Waals surface area contributed by atoms with Gasteiger partial charge in [0.25, 0.3) is 11.5 Å². The third-order valence-electron chi connectivity index (χ3n) is 4.65. The summed E-state index contributed by atoms with van der Waals surface area (Å²) in [5.41, 5.74) is 0.639. The number of hydrogen-bond acceptors (Lipinski definition) is 4. The summed E-state index contributed by atoms with van der Waals surface area (Å²) < 4.78 is 19.9. The minimum Gasteiger partial charge on any atom is -0.492 e. The molecule has 0 aliphatic rings. The third-order valence-corrected chi connectivity index (χ3v) is 4.65. The number of amides is 1. The van der Waals surface area contributed by atoms with E-state index in [2.05, 4.69) is 5.10 Å². The highest BCUT2D eigenvalue weighted by atomic mass is 19.1. The maximum atomic E-state index is 13.1. The molecule has 1 aromatic heterocycles. The summed E-state index contributed by atoms with van der Waals surface area (Å²) in [5, 5.41) is 4.19. The molecule has 1 heterocycles. The standard InChI is InChI=1S/C22H22FN3O3/c1-16(17-8-10-18(23)11-9-17)25(2)22(28)20-12-13-21(27)26(24-20)14-15-29-19-6-4-3-5-7-19/h3-13,16H,14-15H2,1-2H3/t16-/m1/s1. The van der Waals surface area contributed by atoms with Crippen molar-refractivity contribution in [3.63, 3.8) is 0 Å². The Morgan fingerprint density at radius 2 is 1.79 bits per heavy atom. The maximum absolute atomic E-state index is 13.1. The van der Waals surface area contributed by atoms with E-state index in [1.54, 1.807) is 19.2 Å². The number of ether oxygens (including phenoxy) is 1. The van der Waals surface area contributed by atoms with Crippen LogP contribution in [-0.2, 0) is 6.54 Å². The topological polar surface area (TPSA) is 64.4 Å². The average Bonchev–Trinajstić information content (AvgIpc) is 2.75. The molecule has 0 unspecified atom stereocenters. The van der Waals surface area contributed by atoms with Gasteiger partial charge in [0.15, 0.2) is 0 Å². The number of carbonyl (C=O) groups is 1. The predicted molar refractivity (Wildman–Crippen MR) is 107 cm³/mol. The first-order chi connectivity index (χ1) is 14.0. The second-order valence-electron chi connectivity index (χ2n) is 6.59. The Morgan fingerprint density at radius 1 is 1.10 bits per heavy atom. The summed E-state index contributed by atoms with van der Waals surface area (Å²) in [6, 6.07) is 17.7. The molecule has 150 valence electrons. The zero-order valence-corrected chi connectivity index (χ0v) is 16.3. The van der Waals surface area contributed by atoms with Crippen LogP contribution in [0.2, 0.25) is 0 Å². The largest absolute Gasteiger partial charge is 0.492 e. The number of nitrogens with zero attached hydrogens (tertiary/aromatic N) is 3. The number of halogens is 1. The molecule has 0 bridgehead atoms. The fraction of sp³-hybridized carbons (Fsp3) is 0.227. The van der Waals surface area contributed by atoms with Gasteiger partial charge >= 0.3 is 0 Å². The number of hydrogen-bond donors (Lipinski definition) is 0. The molecule has 0 saturated carbocycles. The summed E-state index contributed by atoms with van der Waals surface area (Å²) in [5.74, 6) is 0.0292. The zero-order valence-electron chi connectivity index (χ0n) is 16.3. The van der Waals surface area contributed by atoms with Crippen LogP contribution >= 0.6 is 0 Å². The summed E-state index contributed by atoms with van der Waals surface area (Å²) in [7, 11) is 1.64. The lowest BCUT2D eigenvalue weighted by atomic mass is 10.1. The highest BCUT2D eigenvalue weighted by Gasteiger charge is 2.21. The quantitative estimate of drug-likeness (QED) is 0.616. The molecule has 0 fully saturated rings. The van der Waals surface area contributed by atoms with Gasteiger partial charge in [0, 0.05) is 13.1 Å². The number of aromatic nitrogens is 2. The normalized spacial score (nSPS) is 11.7. The Kier molecular flexibility index (Phi) is 6.39. The van der Waals surface area contributed by atoms with Crippen LogP contribution in [0.1, 0.15) is 29.0 Å². The molecule has 3 rings (SSSR count). The first kappa shape index (κ1) is 20.3. The van der Waals surface area contributed by atoms with E-state index in [9.17, 15) is 14.0 Å². The number of carbonyl (C=O) groups excluding carboxylic acids is 1. The minimum atomic E-state index is -0.334. The molecular weight excluding hydrogens is 373 g/mol. The van der Waals surface area contributed by atoms with Gasteiger partial charge in [-0.3, -0.25) is 9.59 Å². The summed E-state index contributed by atoms with van der Waals surface area (Å²) in [6.45, 7) is 2.30. The molecule has 2 aromatic carbocycles. The van der Waals surface area contributed by atoms with E-state index in [1.165, 1.54) is 33.8 Å². The van der Waals surface area contributed by atoms with Gasteiger partial charge in [-0.1, -0.05) is 30.3 Å². The van der Waals surface area contributed by atoms with Crippen LogP contribution < -0.4 is 10.3 Å². The molecule has 1 atom stereocenters. The fourth-order valence-electron chi connectivity index (χ4n) is 2.81. The van der Waals surface area contributed by atoms with Crippen molar-refractivity contribution >= 4 is 5.91 Å². The number of benzene rings is 2. The Morgan fingerprint density at radius 3 is 2.48 bits per heavy atom. The fourth-order valence-corrected chi connectivity index (χ4v) is 2.81. The van der Waals surface area contributed by atoms with Crippen molar-refractivity contribution in [3.8, 4) is 5.75 Å². The molecule has 0 spiro atoms. The van der Waals surface area contributed by atoms with E-state index in [0.29, 0.717) is 5.75 Å². The average molecular weight is 395 g/mol. The van der Waals surface area contributed by atoms with Gasteiger partial charge in [0.05, 0.1) is 12.6 Å². The zero-order chi connectivity index (χ0) is 20.8. The predicted octanol–water partition coefficient (Wildman–Crippen LogP) is 3.29. The van der Waals surface area contributed by atoms with Gasteiger partial charge in [0.1, 0.15) is 23.9 Å². The lowest BCUT2D eigenvalue weighted by molar-refractivity contribution is 0.0733. The van der Waals surface area contributed by atoms with Crippen molar-refractivity contribution in [3.05, 3.63) is 94.2 Å². The van der Waals surface area contributed by atoms with Gasteiger partial charge in [-0.15, -0.1) is 0 Å². The van der Waals surface area contributed by atoms with Crippen molar-refractivity contribution in [2.45, 2.75) is 19.5 Å². The molecule has 0 aliphatic heterocycles. The Balaban J connectivity index is 1.69. The van der Waals surface area contributed by atoms with Crippen molar-refractivity contribution < 1.29 is 13.9 Å². The minimum absolute atomic E-state index is 0.153. The molecule has 29 heavy (non-hydrogen) atoms. The van der Waals surface area contributed by atoms with E-state index in [4.69, 9.17) is 4.74 Å². The second-order valence-corrected chi connectivity index (χ2v) is 6.59. The summed E-state index contributed by atoms with van der Waals surface area (Å²) in [6.07, 6.45) is 0. The molecule has 3 aromatic rings. The van der Waals surface area contributed by atoms with Gasteiger partial charge in [-0.25, -0.2) is 9.07 Å². The monoisotopic (exact) mass is 395 g/mol. The second kappa shape index (κ2) is 9.14. The molecule has 0 N–H and O–H groups in total. The Labute approximate surface area is 168 Å².